The fraction of sp³-hybridized carbons (Fsp3) is 0.355. The first kappa shape index (κ1) is 31.5. The predicted molar refractivity (Wildman–Crippen MR) is 160 cm³/mol. The van der Waals surface area contributed by atoms with E-state index in [2.05, 4.69) is 5.32 Å². The van der Waals surface area contributed by atoms with Crippen LogP contribution in [0.4, 0.5) is 5.69 Å². The van der Waals surface area contributed by atoms with Crippen LogP contribution in [-0.4, -0.2) is 58.0 Å². The maximum Gasteiger partial charge on any atom is 0.264 e. The number of aryl methyl sites for hydroxylation is 1. The van der Waals surface area contributed by atoms with E-state index in [9.17, 15) is 18.0 Å². The zero-order valence-corrected chi connectivity index (χ0v) is 25.1. The highest BCUT2D eigenvalue weighted by Crippen LogP contribution is 2.27. The number of hydrogen-bond acceptors (Lipinski definition) is 6. The van der Waals surface area contributed by atoms with Crippen molar-refractivity contribution in [3.63, 3.8) is 0 Å². The number of ether oxygens (including phenoxy) is 2. The van der Waals surface area contributed by atoms with Crippen LogP contribution in [-0.2, 0) is 26.2 Å². The molecule has 0 saturated carbocycles. The summed E-state index contributed by atoms with van der Waals surface area (Å²) in [6.45, 7) is 7.81. The molecule has 9 nitrogen and oxygen atoms in total. The number of anilines is 1. The first-order valence-corrected chi connectivity index (χ1v) is 15.1. The lowest BCUT2D eigenvalue weighted by atomic mass is 10.1. The van der Waals surface area contributed by atoms with Crippen LogP contribution in [0.15, 0.2) is 77.7 Å². The second-order valence-electron chi connectivity index (χ2n) is 9.44. The van der Waals surface area contributed by atoms with Crippen molar-refractivity contribution in [1.82, 2.24) is 10.2 Å². The lowest BCUT2D eigenvalue weighted by Crippen LogP contribution is -2.52. The van der Waals surface area contributed by atoms with Gasteiger partial charge in [-0.05, 0) is 81.3 Å². The van der Waals surface area contributed by atoms with Gasteiger partial charge in [0.2, 0.25) is 11.8 Å². The van der Waals surface area contributed by atoms with Gasteiger partial charge in [0, 0.05) is 13.1 Å². The summed E-state index contributed by atoms with van der Waals surface area (Å²) in [4.78, 5) is 28.6. The fourth-order valence-corrected chi connectivity index (χ4v) is 5.83. The van der Waals surface area contributed by atoms with E-state index < -0.39 is 28.5 Å². The molecule has 0 bridgehead atoms. The summed E-state index contributed by atoms with van der Waals surface area (Å²) in [5, 5.41) is 2.80. The number of nitrogens with one attached hydrogen (secondary N) is 1. The van der Waals surface area contributed by atoms with Gasteiger partial charge in [-0.2, -0.15) is 0 Å². The predicted octanol–water partition coefficient (Wildman–Crippen LogP) is 4.54. The van der Waals surface area contributed by atoms with Crippen LogP contribution in [0.1, 0.15) is 38.3 Å². The number of sulfonamides is 1. The van der Waals surface area contributed by atoms with E-state index in [1.165, 1.54) is 17.0 Å². The fourth-order valence-electron chi connectivity index (χ4n) is 4.42. The van der Waals surface area contributed by atoms with Gasteiger partial charge in [0.05, 0.1) is 24.3 Å². The molecule has 0 aromatic heterocycles. The zero-order valence-electron chi connectivity index (χ0n) is 24.3. The van der Waals surface area contributed by atoms with Crippen molar-refractivity contribution in [3.05, 3.63) is 83.9 Å². The Kier molecular flexibility index (Phi) is 11.2. The normalized spacial score (nSPS) is 11.8. The number of carbonyl (C=O) groups is 2. The average Bonchev–Trinajstić information content (AvgIpc) is 2.97. The molecule has 0 saturated heterocycles. The molecular weight excluding hydrogens is 542 g/mol. The standard InChI is InChI=1S/C31H39N3O6S/c1-6-29(31(36)32-7-2)33(21-24-10-9-11-27(20-24)39-5)30(35)22-34(25-14-12-23(4)13-15-25)41(37,38)28-18-16-26(17-19-28)40-8-3/h9-20,29H,6-8,21-22H2,1-5H3,(H,32,36). The van der Waals surface area contributed by atoms with Crippen molar-refractivity contribution >= 4 is 27.5 Å². The molecule has 3 aromatic carbocycles. The lowest BCUT2D eigenvalue weighted by Gasteiger charge is -2.33. The minimum atomic E-state index is -4.16. The van der Waals surface area contributed by atoms with E-state index in [0.717, 1.165) is 15.4 Å². The summed E-state index contributed by atoms with van der Waals surface area (Å²) in [6, 6.07) is 19.4. The molecule has 3 rings (SSSR count). The number of methoxy groups -OCH3 is 1. The molecule has 220 valence electrons. The summed E-state index contributed by atoms with van der Waals surface area (Å²) in [6.07, 6.45) is 0.345. The van der Waals surface area contributed by atoms with Crippen LogP contribution < -0.4 is 19.1 Å². The van der Waals surface area contributed by atoms with E-state index in [1.807, 2.05) is 26.8 Å². The van der Waals surface area contributed by atoms with Gasteiger partial charge in [0.15, 0.2) is 0 Å². The minimum Gasteiger partial charge on any atom is -0.497 e. The number of benzene rings is 3. The zero-order chi connectivity index (χ0) is 30.0. The van der Waals surface area contributed by atoms with Gasteiger partial charge in [-0.1, -0.05) is 36.8 Å². The third-order valence-corrected chi connectivity index (χ3v) is 8.34. The second kappa shape index (κ2) is 14.5. The molecule has 10 heteroatoms. The first-order chi connectivity index (χ1) is 19.6. The molecule has 1 unspecified atom stereocenters. The van der Waals surface area contributed by atoms with Gasteiger partial charge in [-0.3, -0.25) is 13.9 Å². The Morgan fingerprint density at radius 2 is 1.61 bits per heavy atom. The van der Waals surface area contributed by atoms with Gasteiger partial charge in [0.1, 0.15) is 24.1 Å². The quantitative estimate of drug-likeness (QED) is 0.300. The third-order valence-electron chi connectivity index (χ3n) is 6.55. The van der Waals surface area contributed by atoms with Crippen LogP contribution in [0.3, 0.4) is 0 Å². The summed E-state index contributed by atoms with van der Waals surface area (Å²) in [5.41, 5.74) is 2.03. The van der Waals surface area contributed by atoms with Crippen LogP contribution in [0.2, 0.25) is 0 Å². The number of likely N-dealkylation sites (N-methyl/N-ethyl adjacent to an activating group) is 1. The van der Waals surface area contributed by atoms with E-state index in [0.29, 0.717) is 36.8 Å². The van der Waals surface area contributed by atoms with Gasteiger partial charge in [-0.15, -0.1) is 0 Å². The SMILES string of the molecule is CCNC(=O)C(CC)N(Cc1cccc(OC)c1)C(=O)CN(c1ccc(C)cc1)S(=O)(=O)c1ccc(OCC)cc1. The molecule has 0 fully saturated rings. The van der Waals surface area contributed by atoms with E-state index in [1.54, 1.807) is 68.6 Å². The Labute approximate surface area is 243 Å². The molecule has 0 aliphatic rings. The molecule has 0 aliphatic heterocycles. The molecule has 0 heterocycles. The Hall–Kier alpha value is -4.05. The largest absolute Gasteiger partial charge is 0.497 e. The molecule has 2 amide bonds. The van der Waals surface area contributed by atoms with E-state index >= 15 is 0 Å². The van der Waals surface area contributed by atoms with Crippen molar-refractivity contribution < 1.29 is 27.5 Å². The highest BCUT2D eigenvalue weighted by Gasteiger charge is 2.33. The molecule has 41 heavy (non-hydrogen) atoms. The van der Waals surface area contributed by atoms with Crippen molar-refractivity contribution in [1.29, 1.82) is 0 Å². The van der Waals surface area contributed by atoms with E-state index in [4.69, 9.17) is 9.47 Å². The van der Waals surface area contributed by atoms with Crippen LogP contribution in [0.5, 0.6) is 11.5 Å². The average molecular weight is 582 g/mol. The molecule has 1 atom stereocenters. The van der Waals surface area contributed by atoms with Crippen molar-refractivity contribution in [2.75, 3.05) is 31.1 Å². The third kappa shape index (κ3) is 8.00. The van der Waals surface area contributed by atoms with Crippen LogP contribution in [0.25, 0.3) is 0 Å². The summed E-state index contributed by atoms with van der Waals surface area (Å²) in [7, 11) is -2.61. The highest BCUT2D eigenvalue weighted by molar-refractivity contribution is 7.92. The Bertz CT molecular complexity index is 1410. The number of hydrogen-bond donors (Lipinski definition) is 1. The van der Waals surface area contributed by atoms with Gasteiger partial charge < -0.3 is 19.7 Å². The highest BCUT2D eigenvalue weighted by atomic mass is 32.2. The van der Waals surface area contributed by atoms with Gasteiger partial charge >= 0.3 is 0 Å². The summed E-state index contributed by atoms with van der Waals surface area (Å²) < 4.78 is 39.9. The maximum absolute atomic E-state index is 14.1. The van der Waals surface area contributed by atoms with Crippen LogP contribution in [0, 0.1) is 6.92 Å². The Balaban J connectivity index is 2.05. The summed E-state index contributed by atoms with van der Waals surface area (Å²) >= 11 is 0. The topological polar surface area (TPSA) is 105 Å². The molecule has 0 radical (unpaired) electrons. The number of nitrogens with zero attached hydrogens (tertiary/aromatic N) is 2. The van der Waals surface area contributed by atoms with Crippen molar-refractivity contribution in [2.24, 2.45) is 0 Å². The van der Waals surface area contributed by atoms with Crippen molar-refractivity contribution in [3.8, 4) is 11.5 Å². The van der Waals surface area contributed by atoms with Gasteiger partial charge in [0.25, 0.3) is 10.0 Å². The molecule has 0 spiro atoms. The lowest BCUT2D eigenvalue weighted by molar-refractivity contribution is -0.140. The smallest absolute Gasteiger partial charge is 0.264 e. The summed E-state index contributed by atoms with van der Waals surface area (Å²) in [5.74, 6) is 0.338. The minimum absolute atomic E-state index is 0.0180. The Morgan fingerprint density at radius 1 is 0.927 bits per heavy atom. The van der Waals surface area contributed by atoms with E-state index in [-0.39, 0.29) is 17.3 Å². The molecule has 0 aliphatic carbocycles. The van der Waals surface area contributed by atoms with Crippen LogP contribution >= 0.6 is 0 Å². The Morgan fingerprint density at radius 3 is 2.20 bits per heavy atom. The number of amides is 2. The first-order valence-electron chi connectivity index (χ1n) is 13.7. The number of rotatable bonds is 14. The molecular formula is C31H39N3O6S. The van der Waals surface area contributed by atoms with Crippen molar-refractivity contribution in [2.45, 2.75) is 51.6 Å². The molecule has 1 N–H and O–H groups in total. The monoisotopic (exact) mass is 581 g/mol. The maximum atomic E-state index is 14.1. The molecule has 3 aromatic rings. The number of carbonyl (C=O) groups excluding carboxylic acids is 2. The van der Waals surface area contributed by atoms with Gasteiger partial charge in [-0.25, -0.2) is 8.42 Å². The second-order valence-corrected chi connectivity index (χ2v) is 11.3.